The number of hydrogen-bond acceptors (Lipinski definition) is 2. The lowest BCUT2D eigenvalue weighted by atomic mass is 9.48. The van der Waals surface area contributed by atoms with Crippen LogP contribution >= 0.6 is 0 Å². The Labute approximate surface area is 119 Å². The van der Waals surface area contributed by atoms with Crippen LogP contribution in [0.2, 0.25) is 0 Å². The topological polar surface area (TPSA) is 39.1 Å². The van der Waals surface area contributed by atoms with Crippen molar-refractivity contribution >= 4 is 12.1 Å². The van der Waals surface area contributed by atoms with Crippen LogP contribution in [-0.2, 0) is 11.3 Å². The molecule has 3 nitrogen and oxygen atoms in total. The van der Waals surface area contributed by atoms with Gasteiger partial charge in [0.15, 0.2) is 12.1 Å². The molecule has 0 atom stereocenters. The lowest BCUT2D eigenvalue weighted by Crippen LogP contribution is -2.50. The maximum absolute atomic E-state index is 12.9. The Morgan fingerprint density at radius 3 is 2.35 bits per heavy atom. The van der Waals surface area contributed by atoms with Crippen LogP contribution < -0.4 is 0 Å². The van der Waals surface area contributed by atoms with Crippen molar-refractivity contribution in [3.63, 3.8) is 0 Å². The summed E-state index contributed by atoms with van der Waals surface area (Å²) in [5.74, 6) is 2.75. The quantitative estimate of drug-likeness (QED) is 0.789. The summed E-state index contributed by atoms with van der Waals surface area (Å²) in [6.45, 7) is 0.382. The van der Waals surface area contributed by atoms with E-state index in [1.165, 1.54) is 19.3 Å². The molecule has 5 rings (SSSR count). The van der Waals surface area contributed by atoms with E-state index in [0.29, 0.717) is 18.0 Å². The van der Waals surface area contributed by atoms with Gasteiger partial charge in [-0.05, 0) is 68.4 Å². The predicted octanol–water partition coefficient (Wildman–Crippen LogP) is 3.09. The van der Waals surface area contributed by atoms with Gasteiger partial charge in [-0.25, -0.2) is 0 Å². The Balaban J connectivity index is 1.58. The largest absolute Gasteiger partial charge is 0.338 e. The first-order valence-corrected chi connectivity index (χ1v) is 7.82. The minimum absolute atomic E-state index is 0.0564. The maximum atomic E-state index is 12.9. The molecule has 0 saturated heterocycles. The lowest BCUT2D eigenvalue weighted by molar-refractivity contribution is -0.144. The first-order chi connectivity index (χ1) is 9.68. The zero-order valence-electron chi connectivity index (χ0n) is 11.8. The maximum Gasteiger partial charge on any atom is 0.166 e. The molecule has 1 aromatic rings. The Morgan fingerprint density at radius 1 is 1.20 bits per heavy atom. The molecule has 0 aliphatic heterocycles. The summed E-state index contributed by atoms with van der Waals surface area (Å²) in [7, 11) is 0. The summed E-state index contributed by atoms with van der Waals surface area (Å²) in [6.07, 6.45) is 10.1. The molecule has 3 heteroatoms. The monoisotopic (exact) mass is 271 g/mol. The zero-order valence-corrected chi connectivity index (χ0v) is 11.8. The van der Waals surface area contributed by atoms with Crippen molar-refractivity contribution in [2.45, 2.75) is 45.1 Å². The average molecular weight is 271 g/mol. The Kier molecular flexibility index (Phi) is 2.66. The molecule has 106 valence electrons. The number of ketones is 1. The highest BCUT2D eigenvalue weighted by Crippen LogP contribution is 2.60. The number of aromatic nitrogens is 1. The third-order valence-electron chi connectivity index (χ3n) is 5.93. The molecular formula is C17H21NO2. The van der Waals surface area contributed by atoms with E-state index >= 15 is 0 Å². The first-order valence-electron chi connectivity index (χ1n) is 7.82. The van der Waals surface area contributed by atoms with Crippen molar-refractivity contribution in [3.05, 3.63) is 24.0 Å². The van der Waals surface area contributed by atoms with Gasteiger partial charge >= 0.3 is 0 Å². The molecule has 1 heterocycles. The molecule has 4 aliphatic carbocycles. The van der Waals surface area contributed by atoms with Crippen LogP contribution in [0.3, 0.4) is 0 Å². The smallest absolute Gasteiger partial charge is 0.166 e. The molecule has 0 amide bonds. The highest BCUT2D eigenvalue weighted by atomic mass is 16.1. The van der Waals surface area contributed by atoms with Gasteiger partial charge < -0.3 is 4.57 Å². The molecule has 0 radical (unpaired) electrons. The van der Waals surface area contributed by atoms with Gasteiger partial charge in [0.25, 0.3) is 0 Å². The van der Waals surface area contributed by atoms with E-state index in [0.717, 1.165) is 43.3 Å². The van der Waals surface area contributed by atoms with Crippen LogP contribution in [0.5, 0.6) is 0 Å². The second-order valence-electron chi connectivity index (χ2n) is 7.30. The van der Waals surface area contributed by atoms with Gasteiger partial charge in [0, 0.05) is 11.6 Å². The van der Waals surface area contributed by atoms with Gasteiger partial charge in [-0.1, -0.05) is 0 Å². The van der Waals surface area contributed by atoms with Crippen molar-refractivity contribution in [3.8, 4) is 0 Å². The Morgan fingerprint density at radius 2 is 1.80 bits per heavy atom. The van der Waals surface area contributed by atoms with Gasteiger partial charge in [0.2, 0.25) is 0 Å². The second-order valence-corrected chi connectivity index (χ2v) is 7.30. The minimum atomic E-state index is -0.0564. The lowest BCUT2D eigenvalue weighted by Gasteiger charge is -2.56. The normalized spacial score (nSPS) is 38.1. The average Bonchev–Trinajstić information content (AvgIpc) is 2.84. The fourth-order valence-corrected chi connectivity index (χ4v) is 5.45. The summed E-state index contributed by atoms with van der Waals surface area (Å²) in [6, 6.07) is 3.62. The van der Waals surface area contributed by atoms with Crippen molar-refractivity contribution in [1.82, 2.24) is 4.57 Å². The number of rotatable bonds is 4. The molecule has 0 aromatic carbocycles. The second kappa shape index (κ2) is 4.31. The summed E-state index contributed by atoms with van der Waals surface area (Å²) < 4.78 is 1.81. The number of aldehydes is 1. The van der Waals surface area contributed by atoms with E-state index in [1.54, 1.807) is 6.07 Å². The van der Waals surface area contributed by atoms with E-state index in [4.69, 9.17) is 0 Å². The summed E-state index contributed by atoms with van der Waals surface area (Å²) in [5, 5.41) is 0. The standard InChI is InChI=1S/C17H21NO2/c19-11-15-2-1-3-18(15)10-16(20)17-7-12-4-13(8-17)6-14(5-12)9-17/h1-3,11-14H,4-10H2. The van der Waals surface area contributed by atoms with Gasteiger partial charge in [-0.15, -0.1) is 0 Å². The van der Waals surface area contributed by atoms with Crippen LogP contribution in [0.4, 0.5) is 0 Å². The van der Waals surface area contributed by atoms with Crippen molar-refractivity contribution < 1.29 is 9.59 Å². The number of nitrogens with zero attached hydrogens (tertiary/aromatic N) is 1. The van der Waals surface area contributed by atoms with Crippen LogP contribution in [0, 0.1) is 23.2 Å². The number of hydrogen-bond donors (Lipinski definition) is 0. The molecule has 4 bridgehead atoms. The molecule has 20 heavy (non-hydrogen) atoms. The summed E-state index contributed by atoms with van der Waals surface area (Å²) in [4.78, 5) is 23.9. The van der Waals surface area contributed by atoms with Crippen LogP contribution in [0.15, 0.2) is 18.3 Å². The van der Waals surface area contributed by atoms with E-state index in [1.807, 2.05) is 16.8 Å². The summed E-state index contributed by atoms with van der Waals surface area (Å²) in [5.41, 5.74) is 0.558. The van der Waals surface area contributed by atoms with Gasteiger partial charge in [-0.2, -0.15) is 0 Å². The molecule has 4 saturated carbocycles. The number of carbonyl (C=O) groups is 2. The highest BCUT2D eigenvalue weighted by molar-refractivity contribution is 5.86. The van der Waals surface area contributed by atoms with Crippen LogP contribution in [0.25, 0.3) is 0 Å². The summed E-state index contributed by atoms with van der Waals surface area (Å²) >= 11 is 0. The van der Waals surface area contributed by atoms with Gasteiger partial charge in [0.1, 0.15) is 0 Å². The molecule has 0 N–H and O–H groups in total. The fraction of sp³-hybridized carbons (Fsp3) is 0.647. The first kappa shape index (κ1) is 12.4. The molecule has 0 unspecified atom stereocenters. The molecule has 4 fully saturated rings. The minimum Gasteiger partial charge on any atom is -0.338 e. The molecule has 0 spiro atoms. The van der Waals surface area contributed by atoms with E-state index < -0.39 is 0 Å². The van der Waals surface area contributed by atoms with Crippen molar-refractivity contribution in [2.24, 2.45) is 23.2 Å². The van der Waals surface area contributed by atoms with E-state index in [9.17, 15) is 9.59 Å². The van der Waals surface area contributed by atoms with Crippen molar-refractivity contribution in [2.75, 3.05) is 0 Å². The van der Waals surface area contributed by atoms with E-state index in [-0.39, 0.29) is 5.41 Å². The van der Waals surface area contributed by atoms with Crippen molar-refractivity contribution in [1.29, 1.82) is 0 Å². The third kappa shape index (κ3) is 1.79. The molecule has 4 aliphatic rings. The van der Waals surface area contributed by atoms with E-state index in [2.05, 4.69) is 0 Å². The van der Waals surface area contributed by atoms with Gasteiger partial charge in [-0.3, -0.25) is 9.59 Å². The Hall–Kier alpha value is -1.38. The van der Waals surface area contributed by atoms with Crippen LogP contribution in [0.1, 0.15) is 49.0 Å². The van der Waals surface area contributed by atoms with Crippen LogP contribution in [-0.4, -0.2) is 16.6 Å². The number of carbonyl (C=O) groups excluding carboxylic acids is 2. The highest BCUT2D eigenvalue weighted by Gasteiger charge is 2.54. The zero-order chi connectivity index (χ0) is 13.7. The molecular weight excluding hydrogens is 250 g/mol. The SMILES string of the molecule is O=Cc1cccn1CC(=O)C12CC3CC(CC(C3)C1)C2. The number of Topliss-reactive ketones (excluding diaryl/α,β-unsaturated/α-hetero) is 1. The Bertz CT molecular complexity index is 522. The third-order valence-corrected chi connectivity index (χ3v) is 5.93. The van der Waals surface area contributed by atoms with Gasteiger partial charge in [0.05, 0.1) is 12.2 Å². The fourth-order valence-electron chi connectivity index (χ4n) is 5.45. The molecule has 1 aromatic heterocycles. The predicted molar refractivity (Wildman–Crippen MR) is 75.4 cm³/mol.